The Bertz CT molecular complexity index is 1220. The van der Waals surface area contributed by atoms with Gasteiger partial charge in [0.15, 0.2) is 0 Å². The molecule has 3 aromatic carbocycles. The van der Waals surface area contributed by atoms with Gasteiger partial charge in [-0.1, -0.05) is 30.3 Å². The summed E-state index contributed by atoms with van der Waals surface area (Å²) in [6.45, 7) is 0. The minimum Gasteiger partial charge on any atom is -0.423 e. The SMILES string of the molecule is CN(c1ccc(OC(=O)C=Cc2cccc([N+](=O)[O-])c2)cc1)S(=O)(=O)c1ccccc1. The highest BCUT2D eigenvalue weighted by molar-refractivity contribution is 7.92. The number of nitro groups is 1. The molecule has 0 N–H and O–H groups in total. The molecule has 3 rings (SSSR count). The van der Waals surface area contributed by atoms with Crippen LogP contribution in [0, 0.1) is 10.1 Å². The van der Waals surface area contributed by atoms with E-state index >= 15 is 0 Å². The molecule has 0 heterocycles. The molecule has 0 aliphatic carbocycles. The van der Waals surface area contributed by atoms with Crippen LogP contribution in [0.4, 0.5) is 11.4 Å². The number of nitrogens with zero attached hydrogens (tertiary/aromatic N) is 2. The molecule has 31 heavy (non-hydrogen) atoms. The Hall–Kier alpha value is -3.98. The number of non-ortho nitro benzene ring substituents is 1. The predicted molar refractivity (Wildman–Crippen MR) is 116 cm³/mol. The summed E-state index contributed by atoms with van der Waals surface area (Å²) in [6.07, 6.45) is 2.56. The van der Waals surface area contributed by atoms with Gasteiger partial charge in [0.1, 0.15) is 5.75 Å². The van der Waals surface area contributed by atoms with Gasteiger partial charge in [-0.25, -0.2) is 13.2 Å². The number of benzene rings is 3. The number of ether oxygens (including phenoxy) is 1. The van der Waals surface area contributed by atoms with Crippen molar-refractivity contribution in [1.82, 2.24) is 0 Å². The molecule has 0 fully saturated rings. The number of sulfonamides is 1. The highest BCUT2D eigenvalue weighted by atomic mass is 32.2. The van der Waals surface area contributed by atoms with Crippen LogP contribution in [-0.4, -0.2) is 26.4 Å². The number of anilines is 1. The quantitative estimate of drug-likeness (QED) is 0.181. The smallest absolute Gasteiger partial charge is 0.336 e. The highest BCUT2D eigenvalue weighted by Crippen LogP contribution is 2.24. The summed E-state index contributed by atoms with van der Waals surface area (Å²) in [6, 6.07) is 19.9. The van der Waals surface area contributed by atoms with E-state index in [-0.39, 0.29) is 16.3 Å². The molecule has 0 saturated heterocycles. The van der Waals surface area contributed by atoms with Crippen molar-refractivity contribution < 1.29 is 22.9 Å². The summed E-state index contributed by atoms with van der Waals surface area (Å²) < 4.78 is 31.7. The van der Waals surface area contributed by atoms with Crippen LogP contribution >= 0.6 is 0 Å². The molecular formula is C22H18N2O6S. The van der Waals surface area contributed by atoms with Crippen LogP contribution in [0.5, 0.6) is 5.75 Å². The van der Waals surface area contributed by atoms with Gasteiger partial charge in [0, 0.05) is 25.3 Å². The summed E-state index contributed by atoms with van der Waals surface area (Å²) in [5, 5.41) is 10.8. The number of nitro benzene ring substituents is 1. The molecular weight excluding hydrogens is 420 g/mol. The third-order valence-electron chi connectivity index (χ3n) is 4.31. The summed E-state index contributed by atoms with van der Waals surface area (Å²) in [5.74, 6) is -0.451. The van der Waals surface area contributed by atoms with Crippen molar-refractivity contribution in [3.05, 3.63) is 101 Å². The van der Waals surface area contributed by atoms with E-state index in [1.54, 1.807) is 24.3 Å². The summed E-state index contributed by atoms with van der Waals surface area (Å²) >= 11 is 0. The second-order valence-corrected chi connectivity index (χ2v) is 8.36. The molecule has 0 radical (unpaired) electrons. The molecule has 9 heteroatoms. The van der Waals surface area contributed by atoms with Crippen molar-refractivity contribution in [2.45, 2.75) is 4.90 Å². The minimum absolute atomic E-state index is 0.0827. The lowest BCUT2D eigenvalue weighted by Crippen LogP contribution is -2.26. The Morgan fingerprint density at radius 2 is 1.68 bits per heavy atom. The molecule has 8 nitrogen and oxygen atoms in total. The maximum absolute atomic E-state index is 12.7. The first-order valence-corrected chi connectivity index (χ1v) is 10.5. The van der Waals surface area contributed by atoms with E-state index < -0.39 is 20.9 Å². The van der Waals surface area contributed by atoms with Crippen molar-refractivity contribution >= 4 is 33.4 Å². The Morgan fingerprint density at radius 3 is 2.32 bits per heavy atom. The standard InChI is InChI=1S/C22H18N2O6S/c1-23(31(28,29)21-8-3-2-4-9-21)18-11-13-20(14-12-18)30-22(25)15-10-17-6-5-7-19(16-17)24(26)27/h2-16H,1H3. The number of hydrogen-bond acceptors (Lipinski definition) is 6. The van der Waals surface area contributed by atoms with Gasteiger partial charge < -0.3 is 4.74 Å². The molecule has 0 aromatic heterocycles. The predicted octanol–water partition coefficient (Wildman–Crippen LogP) is 4.04. The molecule has 0 aliphatic rings. The fourth-order valence-electron chi connectivity index (χ4n) is 2.67. The van der Waals surface area contributed by atoms with Crippen LogP contribution < -0.4 is 9.04 Å². The molecule has 3 aromatic rings. The van der Waals surface area contributed by atoms with Gasteiger partial charge in [-0.15, -0.1) is 0 Å². The zero-order valence-electron chi connectivity index (χ0n) is 16.4. The van der Waals surface area contributed by atoms with E-state index in [1.165, 1.54) is 67.7 Å². The van der Waals surface area contributed by atoms with Crippen molar-refractivity contribution in [3.8, 4) is 5.75 Å². The van der Waals surface area contributed by atoms with Crippen molar-refractivity contribution in [2.24, 2.45) is 0 Å². The normalized spacial score (nSPS) is 11.3. The lowest BCUT2D eigenvalue weighted by atomic mass is 10.2. The number of esters is 1. The number of hydrogen-bond donors (Lipinski definition) is 0. The van der Waals surface area contributed by atoms with Gasteiger partial charge in [0.25, 0.3) is 15.7 Å². The third-order valence-corrected chi connectivity index (χ3v) is 6.11. The molecule has 0 amide bonds. The fraction of sp³-hybridized carbons (Fsp3) is 0.0455. The second kappa shape index (κ2) is 9.23. The van der Waals surface area contributed by atoms with Gasteiger partial charge in [-0.2, -0.15) is 0 Å². The van der Waals surface area contributed by atoms with E-state index in [0.717, 1.165) is 10.4 Å². The molecule has 0 unspecified atom stereocenters. The maximum Gasteiger partial charge on any atom is 0.336 e. The fourth-order valence-corrected chi connectivity index (χ4v) is 3.89. The lowest BCUT2D eigenvalue weighted by Gasteiger charge is -2.19. The monoisotopic (exact) mass is 438 g/mol. The zero-order chi connectivity index (χ0) is 22.4. The van der Waals surface area contributed by atoms with Gasteiger partial charge >= 0.3 is 5.97 Å². The van der Waals surface area contributed by atoms with Crippen LogP contribution in [0.25, 0.3) is 6.08 Å². The molecule has 0 bridgehead atoms. The van der Waals surface area contributed by atoms with Gasteiger partial charge in [0.2, 0.25) is 0 Å². The molecule has 0 spiro atoms. The Balaban J connectivity index is 1.67. The largest absolute Gasteiger partial charge is 0.423 e. The van der Waals surface area contributed by atoms with E-state index in [1.807, 2.05) is 0 Å². The molecule has 158 valence electrons. The van der Waals surface area contributed by atoms with Gasteiger partial charge in [-0.05, 0) is 48.0 Å². The molecule has 0 aliphatic heterocycles. The first kappa shape index (κ1) is 21.7. The van der Waals surface area contributed by atoms with Crippen molar-refractivity contribution in [3.63, 3.8) is 0 Å². The van der Waals surface area contributed by atoms with Crippen LogP contribution in [-0.2, 0) is 14.8 Å². The van der Waals surface area contributed by atoms with Crippen LogP contribution in [0.3, 0.4) is 0 Å². The number of rotatable bonds is 7. The van der Waals surface area contributed by atoms with Crippen LogP contribution in [0.15, 0.2) is 89.8 Å². The maximum atomic E-state index is 12.7. The first-order chi connectivity index (χ1) is 14.8. The third kappa shape index (κ3) is 5.34. The number of carbonyl (C=O) groups excluding carboxylic acids is 1. The average Bonchev–Trinajstić information content (AvgIpc) is 2.78. The van der Waals surface area contributed by atoms with Crippen LogP contribution in [0.1, 0.15) is 5.56 Å². The Morgan fingerprint density at radius 1 is 1.00 bits per heavy atom. The Labute approximate surface area is 179 Å². The summed E-state index contributed by atoms with van der Waals surface area (Å²) in [5.41, 5.74) is 0.797. The van der Waals surface area contributed by atoms with Crippen LogP contribution in [0.2, 0.25) is 0 Å². The summed E-state index contributed by atoms with van der Waals surface area (Å²) in [4.78, 5) is 22.5. The highest BCUT2D eigenvalue weighted by Gasteiger charge is 2.20. The number of carbonyl (C=O) groups is 1. The Kier molecular flexibility index (Phi) is 6.46. The second-order valence-electron chi connectivity index (χ2n) is 6.39. The zero-order valence-corrected chi connectivity index (χ0v) is 17.2. The topological polar surface area (TPSA) is 107 Å². The van der Waals surface area contributed by atoms with E-state index in [4.69, 9.17) is 4.74 Å². The van der Waals surface area contributed by atoms with E-state index in [2.05, 4.69) is 0 Å². The summed E-state index contributed by atoms with van der Waals surface area (Å²) in [7, 11) is -2.27. The van der Waals surface area contributed by atoms with Crippen molar-refractivity contribution in [1.29, 1.82) is 0 Å². The van der Waals surface area contributed by atoms with Gasteiger partial charge in [-0.3, -0.25) is 14.4 Å². The minimum atomic E-state index is -3.71. The van der Waals surface area contributed by atoms with Gasteiger partial charge in [0.05, 0.1) is 15.5 Å². The van der Waals surface area contributed by atoms with Crippen molar-refractivity contribution in [2.75, 3.05) is 11.4 Å². The average molecular weight is 438 g/mol. The molecule has 0 atom stereocenters. The van der Waals surface area contributed by atoms with E-state index in [0.29, 0.717) is 11.3 Å². The first-order valence-electron chi connectivity index (χ1n) is 9.06. The molecule has 0 saturated carbocycles. The lowest BCUT2D eigenvalue weighted by molar-refractivity contribution is -0.384. The van der Waals surface area contributed by atoms with E-state index in [9.17, 15) is 23.3 Å².